The summed E-state index contributed by atoms with van der Waals surface area (Å²) in [6, 6.07) is 2.21. The fraction of sp³-hybridized carbons (Fsp3) is 0.500. The van der Waals surface area contributed by atoms with E-state index in [1.807, 2.05) is 16.9 Å². The summed E-state index contributed by atoms with van der Waals surface area (Å²) in [5.74, 6) is -0.120. The van der Waals surface area contributed by atoms with Gasteiger partial charge in [0.15, 0.2) is 0 Å². The van der Waals surface area contributed by atoms with Crippen molar-refractivity contribution in [3.8, 4) is 0 Å². The highest BCUT2D eigenvalue weighted by molar-refractivity contribution is 9.10. The summed E-state index contributed by atoms with van der Waals surface area (Å²) in [5.41, 5.74) is 1.06. The number of halogens is 1. The Bertz CT molecular complexity index is 640. The largest absolute Gasteiger partial charge is 0.469 e. The molecule has 5 nitrogen and oxygen atoms in total. The van der Waals surface area contributed by atoms with Crippen LogP contribution in [0, 0.1) is 5.92 Å². The van der Waals surface area contributed by atoms with Gasteiger partial charge in [-0.15, -0.1) is 0 Å². The maximum Gasteiger partial charge on any atom is 0.308 e. The predicted molar refractivity (Wildman–Crippen MR) is 78.2 cm³/mol. The second kappa shape index (κ2) is 5.52. The lowest BCUT2D eigenvalue weighted by Gasteiger charge is -2.28. The number of nitrogens with zero attached hydrogens (tertiary/aromatic N) is 3. The summed E-state index contributed by atoms with van der Waals surface area (Å²) in [5, 5.41) is 5.58. The van der Waals surface area contributed by atoms with Gasteiger partial charge in [0.25, 0.3) is 0 Å². The fourth-order valence-electron chi connectivity index (χ4n) is 2.99. The molecule has 0 saturated heterocycles. The number of carbonyl (C=O) groups excluding carboxylic acids is 1. The van der Waals surface area contributed by atoms with Crippen LogP contribution in [0.25, 0.3) is 10.9 Å². The highest BCUT2D eigenvalue weighted by Crippen LogP contribution is 2.36. The molecule has 0 aliphatic heterocycles. The summed E-state index contributed by atoms with van der Waals surface area (Å²) in [6.07, 6.45) is 7.34. The van der Waals surface area contributed by atoms with Crippen molar-refractivity contribution in [1.29, 1.82) is 0 Å². The highest BCUT2D eigenvalue weighted by Gasteiger charge is 2.30. The van der Waals surface area contributed by atoms with Gasteiger partial charge in [0.1, 0.15) is 4.60 Å². The van der Waals surface area contributed by atoms with Crippen molar-refractivity contribution in [3.05, 3.63) is 23.1 Å². The van der Waals surface area contributed by atoms with Crippen LogP contribution in [0.3, 0.4) is 0 Å². The maximum absolute atomic E-state index is 11.7. The first kappa shape index (κ1) is 13.5. The first-order valence-corrected chi connectivity index (χ1v) is 7.55. The van der Waals surface area contributed by atoms with Crippen LogP contribution in [0.2, 0.25) is 0 Å². The van der Waals surface area contributed by atoms with E-state index in [-0.39, 0.29) is 17.9 Å². The van der Waals surface area contributed by atoms with Crippen LogP contribution in [0.4, 0.5) is 0 Å². The number of pyridine rings is 1. The zero-order valence-corrected chi connectivity index (χ0v) is 12.8. The number of hydrogen-bond donors (Lipinski definition) is 0. The second-order valence-electron chi connectivity index (χ2n) is 5.17. The molecule has 1 aliphatic rings. The van der Waals surface area contributed by atoms with Crippen LogP contribution >= 0.6 is 15.9 Å². The van der Waals surface area contributed by atoms with Crippen LogP contribution in [0.5, 0.6) is 0 Å². The number of fused-ring (bicyclic) bond motifs is 1. The van der Waals surface area contributed by atoms with E-state index in [0.29, 0.717) is 0 Å². The van der Waals surface area contributed by atoms with Gasteiger partial charge in [-0.05, 0) is 41.3 Å². The summed E-state index contributed by atoms with van der Waals surface area (Å²) >= 11 is 3.48. The van der Waals surface area contributed by atoms with Crippen LogP contribution in [-0.2, 0) is 9.53 Å². The Labute approximate surface area is 125 Å². The van der Waals surface area contributed by atoms with Gasteiger partial charge >= 0.3 is 5.97 Å². The Morgan fingerprint density at radius 3 is 3.15 bits per heavy atom. The van der Waals surface area contributed by atoms with Crippen molar-refractivity contribution in [2.24, 2.45) is 5.92 Å². The molecule has 1 fully saturated rings. The molecular formula is C14H16BrN3O2. The van der Waals surface area contributed by atoms with Gasteiger partial charge in [0.2, 0.25) is 0 Å². The second-order valence-corrected chi connectivity index (χ2v) is 5.92. The Hall–Kier alpha value is -1.43. The van der Waals surface area contributed by atoms with Gasteiger partial charge in [0, 0.05) is 12.4 Å². The zero-order chi connectivity index (χ0) is 14.1. The molecule has 0 aromatic carbocycles. The average molecular weight is 338 g/mol. The zero-order valence-electron chi connectivity index (χ0n) is 11.3. The molecule has 2 aromatic rings. The minimum absolute atomic E-state index is 0.0152. The van der Waals surface area contributed by atoms with E-state index in [9.17, 15) is 4.79 Å². The fourth-order valence-corrected chi connectivity index (χ4v) is 3.47. The van der Waals surface area contributed by atoms with E-state index in [1.54, 1.807) is 6.20 Å². The molecule has 2 heterocycles. The summed E-state index contributed by atoms with van der Waals surface area (Å²) in [7, 11) is 1.46. The Morgan fingerprint density at radius 2 is 2.35 bits per heavy atom. The molecule has 0 N–H and O–H groups in total. The van der Waals surface area contributed by atoms with Gasteiger partial charge in [-0.3, -0.25) is 14.5 Å². The lowest BCUT2D eigenvalue weighted by atomic mass is 9.86. The number of esters is 1. The molecule has 0 bridgehead atoms. The SMILES string of the molecule is COC(=O)[C@H]1CCC[C@H](n2nc(Br)c3cnccc32)C1. The normalized spacial score (nSPS) is 22.9. The minimum atomic E-state index is -0.105. The number of rotatable bonds is 2. The molecule has 0 radical (unpaired) electrons. The monoisotopic (exact) mass is 337 g/mol. The van der Waals surface area contributed by atoms with E-state index in [4.69, 9.17) is 4.74 Å². The molecule has 1 aliphatic carbocycles. The minimum Gasteiger partial charge on any atom is -0.469 e. The van der Waals surface area contributed by atoms with E-state index < -0.39 is 0 Å². The van der Waals surface area contributed by atoms with E-state index in [2.05, 4.69) is 26.0 Å². The molecule has 20 heavy (non-hydrogen) atoms. The van der Waals surface area contributed by atoms with Crippen molar-refractivity contribution in [3.63, 3.8) is 0 Å². The third-order valence-corrected chi connectivity index (χ3v) is 4.58. The molecule has 6 heteroatoms. The molecule has 3 rings (SSSR count). The van der Waals surface area contributed by atoms with E-state index in [1.165, 1.54) is 7.11 Å². The molecule has 2 aromatic heterocycles. The van der Waals surface area contributed by atoms with Crippen molar-refractivity contribution in [2.45, 2.75) is 31.7 Å². The average Bonchev–Trinajstić information content (AvgIpc) is 2.84. The van der Waals surface area contributed by atoms with Gasteiger partial charge in [-0.1, -0.05) is 6.42 Å². The third kappa shape index (κ3) is 2.32. The summed E-state index contributed by atoms with van der Waals surface area (Å²) in [6.45, 7) is 0. The van der Waals surface area contributed by atoms with Crippen molar-refractivity contribution in [2.75, 3.05) is 7.11 Å². The Balaban J connectivity index is 1.93. The molecule has 0 unspecified atom stereocenters. The van der Waals surface area contributed by atoms with Crippen LogP contribution in [-0.4, -0.2) is 27.8 Å². The molecule has 106 valence electrons. The first-order chi connectivity index (χ1) is 9.70. The topological polar surface area (TPSA) is 57.0 Å². The smallest absolute Gasteiger partial charge is 0.308 e. The Morgan fingerprint density at radius 1 is 1.50 bits per heavy atom. The van der Waals surface area contributed by atoms with Gasteiger partial charge in [-0.2, -0.15) is 5.10 Å². The lowest BCUT2D eigenvalue weighted by Crippen LogP contribution is -2.26. The van der Waals surface area contributed by atoms with Crippen LogP contribution in [0.15, 0.2) is 23.1 Å². The number of ether oxygens (including phenoxy) is 1. The number of methoxy groups -OCH3 is 1. The van der Waals surface area contributed by atoms with E-state index >= 15 is 0 Å². The quantitative estimate of drug-likeness (QED) is 0.790. The van der Waals surface area contributed by atoms with Crippen molar-refractivity contribution < 1.29 is 9.53 Å². The number of hydrogen-bond acceptors (Lipinski definition) is 4. The van der Waals surface area contributed by atoms with Crippen molar-refractivity contribution in [1.82, 2.24) is 14.8 Å². The lowest BCUT2D eigenvalue weighted by molar-refractivity contribution is -0.147. The van der Waals surface area contributed by atoms with Gasteiger partial charge < -0.3 is 4.74 Å². The summed E-state index contributed by atoms with van der Waals surface area (Å²) in [4.78, 5) is 15.9. The maximum atomic E-state index is 11.7. The molecule has 0 amide bonds. The standard InChI is InChI=1S/C14H16BrN3O2/c1-20-14(19)9-3-2-4-10(7-9)18-12-5-6-16-8-11(12)13(15)17-18/h5-6,8-10H,2-4,7H2,1H3/t9-,10-/m0/s1. The number of aromatic nitrogens is 3. The van der Waals surface area contributed by atoms with E-state index in [0.717, 1.165) is 41.2 Å². The van der Waals surface area contributed by atoms with Gasteiger partial charge in [0.05, 0.1) is 30.0 Å². The predicted octanol–water partition coefficient (Wildman–Crippen LogP) is 3.10. The van der Waals surface area contributed by atoms with Crippen LogP contribution < -0.4 is 0 Å². The molecule has 2 atom stereocenters. The third-order valence-electron chi connectivity index (χ3n) is 3.99. The first-order valence-electron chi connectivity index (χ1n) is 6.76. The highest BCUT2D eigenvalue weighted by atomic mass is 79.9. The van der Waals surface area contributed by atoms with Gasteiger partial charge in [-0.25, -0.2) is 0 Å². The molecule has 0 spiro atoms. The number of carbonyl (C=O) groups is 1. The summed E-state index contributed by atoms with van der Waals surface area (Å²) < 4.78 is 7.71. The van der Waals surface area contributed by atoms with Crippen molar-refractivity contribution >= 4 is 32.8 Å². The molecular weight excluding hydrogens is 322 g/mol. The Kier molecular flexibility index (Phi) is 3.74. The van der Waals surface area contributed by atoms with Crippen LogP contribution in [0.1, 0.15) is 31.7 Å². The molecule has 1 saturated carbocycles.